The number of nitrogens with one attached hydrogen (secondary N) is 1. The summed E-state index contributed by atoms with van der Waals surface area (Å²) in [5, 5.41) is 7.71. The third kappa shape index (κ3) is 4.59. The summed E-state index contributed by atoms with van der Waals surface area (Å²) in [7, 11) is 5.61. The van der Waals surface area contributed by atoms with Crippen LogP contribution in [0.4, 0.5) is 11.6 Å². The van der Waals surface area contributed by atoms with Crippen LogP contribution in [0.5, 0.6) is 5.75 Å². The third-order valence-corrected chi connectivity index (χ3v) is 4.94. The summed E-state index contributed by atoms with van der Waals surface area (Å²) in [5.74, 6) is 1.16. The summed E-state index contributed by atoms with van der Waals surface area (Å²) in [6, 6.07) is 20.7. The van der Waals surface area contributed by atoms with Crippen LogP contribution in [0.1, 0.15) is 16.1 Å². The Morgan fingerprint density at radius 1 is 1.03 bits per heavy atom. The molecular formula is C24H24N6O2. The Bertz CT molecular complexity index is 1190. The number of hydrogen-bond donors (Lipinski definition) is 1. The lowest BCUT2D eigenvalue weighted by Gasteiger charge is -2.13. The standard InChI is InChI=1S/C24H24N6O2/c1-29(2)19-11-7-17(8-12-19)16-26-24-27-22(18-9-13-20(32-3)14-10-18)28-30(24)23(31)21-6-4-5-15-25-21/h4-15H,16H2,1-3H3,(H,26,27,28). The number of benzene rings is 2. The van der Waals surface area contributed by atoms with Gasteiger partial charge in [-0.3, -0.25) is 9.78 Å². The smallest absolute Gasteiger partial charge is 0.299 e. The Hall–Kier alpha value is -4.20. The maximum absolute atomic E-state index is 13.1. The molecule has 4 aromatic rings. The molecule has 0 bridgehead atoms. The lowest BCUT2D eigenvalue weighted by Crippen LogP contribution is -2.18. The number of methoxy groups -OCH3 is 1. The number of hydrogen-bond acceptors (Lipinski definition) is 7. The molecule has 8 nitrogen and oxygen atoms in total. The van der Waals surface area contributed by atoms with Gasteiger partial charge in [0, 0.05) is 38.1 Å². The van der Waals surface area contributed by atoms with E-state index in [0.717, 1.165) is 22.6 Å². The minimum absolute atomic E-state index is 0.289. The maximum atomic E-state index is 13.1. The van der Waals surface area contributed by atoms with E-state index in [1.807, 2.05) is 67.5 Å². The second-order valence-electron chi connectivity index (χ2n) is 7.33. The molecule has 4 rings (SSSR count). The Balaban J connectivity index is 1.63. The van der Waals surface area contributed by atoms with Gasteiger partial charge in [0.05, 0.1) is 7.11 Å². The molecule has 0 aliphatic rings. The van der Waals surface area contributed by atoms with E-state index in [1.165, 1.54) is 4.68 Å². The van der Waals surface area contributed by atoms with E-state index in [2.05, 4.69) is 20.4 Å². The molecule has 2 aromatic heterocycles. The normalized spacial score (nSPS) is 10.6. The fourth-order valence-corrected chi connectivity index (χ4v) is 3.12. The van der Waals surface area contributed by atoms with E-state index in [1.54, 1.807) is 31.5 Å². The Kier molecular flexibility index (Phi) is 6.12. The van der Waals surface area contributed by atoms with Crippen molar-refractivity contribution < 1.29 is 9.53 Å². The van der Waals surface area contributed by atoms with Crippen molar-refractivity contribution in [2.24, 2.45) is 0 Å². The highest BCUT2D eigenvalue weighted by Crippen LogP contribution is 2.22. The van der Waals surface area contributed by atoms with E-state index < -0.39 is 0 Å². The first kappa shape index (κ1) is 21.0. The number of carbonyl (C=O) groups excluding carboxylic acids is 1. The zero-order chi connectivity index (χ0) is 22.5. The molecule has 0 radical (unpaired) electrons. The first-order valence-corrected chi connectivity index (χ1v) is 10.1. The number of carbonyl (C=O) groups is 1. The van der Waals surface area contributed by atoms with Gasteiger partial charge in [0.1, 0.15) is 11.4 Å². The molecule has 0 fully saturated rings. The van der Waals surface area contributed by atoms with Gasteiger partial charge in [-0.05, 0) is 54.1 Å². The van der Waals surface area contributed by atoms with Crippen molar-refractivity contribution in [3.8, 4) is 17.1 Å². The molecule has 1 N–H and O–H groups in total. The first-order valence-electron chi connectivity index (χ1n) is 10.1. The third-order valence-electron chi connectivity index (χ3n) is 4.94. The van der Waals surface area contributed by atoms with Crippen molar-refractivity contribution in [2.75, 3.05) is 31.4 Å². The highest BCUT2D eigenvalue weighted by Gasteiger charge is 2.19. The van der Waals surface area contributed by atoms with Crippen molar-refractivity contribution >= 4 is 17.5 Å². The van der Waals surface area contributed by atoms with Gasteiger partial charge in [-0.15, -0.1) is 5.10 Å². The van der Waals surface area contributed by atoms with E-state index in [9.17, 15) is 4.79 Å². The molecule has 32 heavy (non-hydrogen) atoms. The van der Waals surface area contributed by atoms with E-state index in [4.69, 9.17) is 4.74 Å². The number of rotatable bonds is 7. The van der Waals surface area contributed by atoms with Crippen molar-refractivity contribution in [2.45, 2.75) is 6.54 Å². The summed E-state index contributed by atoms with van der Waals surface area (Å²) in [6.45, 7) is 0.490. The van der Waals surface area contributed by atoms with Gasteiger partial charge in [-0.25, -0.2) is 0 Å². The van der Waals surface area contributed by atoms with Crippen molar-refractivity contribution in [1.82, 2.24) is 19.7 Å². The quantitative estimate of drug-likeness (QED) is 0.480. The molecule has 2 heterocycles. The van der Waals surface area contributed by atoms with Gasteiger partial charge >= 0.3 is 0 Å². The van der Waals surface area contributed by atoms with Crippen molar-refractivity contribution in [3.63, 3.8) is 0 Å². The molecule has 8 heteroatoms. The summed E-state index contributed by atoms with van der Waals surface area (Å²) in [5.41, 5.74) is 3.24. The lowest BCUT2D eigenvalue weighted by molar-refractivity contribution is 0.0942. The molecule has 2 aromatic carbocycles. The molecule has 0 saturated heterocycles. The number of ether oxygens (including phenoxy) is 1. The summed E-state index contributed by atoms with van der Waals surface area (Å²) < 4.78 is 6.48. The maximum Gasteiger partial charge on any atom is 0.299 e. The number of nitrogens with zero attached hydrogens (tertiary/aromatic N) is 5. The van der Waals surface area contributed by atoms with Crippen LogP contribution in [-0.2, 0) is 6.54 Å². The van der Waals surface area contributed by atoms with Crippen LogP contribution in [-0.4, -0.2) is 46.9 Å². The molecule has 0 saturated carbocycles. The zero-order valence-corrected chi connectivity index (χ0v) is 18.2. The molecule has 162 valence electrons. The average molecular weight is 428 g/mol. The predicted molar refractivity (Wildman–Crippen MR) is 124 cm³/mol. The van der Waals surface area contributed by atoms with E-state index in [0.29, 0.717) is 18.3 Å². The highest BCUT2D eigenvalue weighted by molar-refractivity contribution is 5.95. The van der Waals surface area contributed by atoms with Crippen LogP contribution in [0, 0.1) is 0 Å². The molecule has 0 spiro atoms. The molecular weight excluding hydrogens is 404 g/mol. The van der Waals surface area contributed by atoms with Crippen LogP contribution >= 0.6 is 0 Å². The average Bonchev–Trinajstić information content (AvgIpc) is 3.27. The van der Waals surface area contributed by atoms with Gasteiger partial charge in [0.25, 0.3) is 5.91 Å². The Morgan fingerprint density at radius 2 is 1.78 bits per heavy atom. The minimum Gasteiger partial charge on any atom is -0.497 e. The van der Waals surface area contributed by atoms with Gasteiger partial charge in [-0.2, -0.15) is 9.67 Å². The topological polar surface area (TPSA) is 85.2 Å². The fraction of sp³-hybridized carbons (Fsp3) is 0.167. The first-order chi connectivity index (χ1) is 15.5. The largest absolute Gasteiger partial charge is 0.497 e. The molecule has 0 aliphatic carbocycles. The van der Waals surface area contributed by atoms with E-state index >= 15 is 0 Å². The highest BCUT2D eigenvalue weighted by atomic mass is 16.5. The van der Waals surface area contributed by atoms with Crippen LogP contribution in [0.25, 0.3) is 11.4 Å². The SMILES string of the molecule is COc1ccc(-c2nc(NCc3ccc(N(C)C)cc3)n(C(=O)c3ccccn3)n2)cc1. The predicted octanol–water partition coefficient (Wildman–Crippen LogP) is 3.72. The number of pyridine rings is 1. The second kappa shape index (κ2) is 9.30. The Morgan fingerprint density at radius 3 is 2.41 bits per heavy atom. The number of aromatic nitrogens is 4. The van der Waals surface area contributed by atoms with Crippen LogP contribution < -0.4 is 15.0 Å². The van der Waals surface area contributed by atoms with Gasteiger partial charge < -0.3 is 15.0 Å². The van der Waals surface area contributed by atoms with E-state index in [-0.39, 0.29) is 11.6 Å². The number of anilines is 2. The molecule has 0 aliphatic heterocycles. The molecule has 0 atom stereocenters. The monoisotopic (exact) mass is 428 g/mol. The van der Waals surface area contributed by atoms with Gasteiger partial charge in [-0.1, -0.05) is 18.2 Å². The fourth-order valence-electron chi connectivity index (χ4n) is 3.12. The summed E-state index contributed by atoms with van der Waals surface area (Å²) in [6.07, 6.45) is 1.58. The van der Waals surface area contributed by atoms with Crippen LogP contribution in [0.15, 0.2) is 72.9 Å². The van der Waals surface area contributed by atoms with Gasteiger partial charge in [0.15, 0.2) is 5.82 Å². The Labute approximate surface area is 186 Å². The second-order valence-corrected chi connectivity index (χ2v) is 7.33. The van der Waals surface area contributed by atoms with Crippen LogP contribution in [0.2, 0.25) is 0 Å². The minimum atomic E-state index is -0.358. The zero-order valence-electron chi connectivity index (χ0n) is 18.2. The molecule has 0 unspecified atom stereocenters. The van der Waals surface area contributed by atoms with Gasteiger partial charge in [0.2, 0.25) is 5.95 Å². The summed E-state index contributed by atoms with van der Waals surface area (Å²) >= 11 is 0. The lowest BCUT2D eigenvalue weighted by atomic mass is 10.2. The van der Waals surface area contributed by atoms with Crippen LogP contribution in [0.3, 0.4) is 0 Å². The van der Waals surface area contributed by atoms with Crippen molar-refractivity contribution in [3.05, 3.63) is 84.2 Å². The van der Waals surface area contributed by atoms with Crippen molar-refractivity contribution in [1.29, 1.82) is 0 Å². The summed E-state index contributed by atoms with van der Waals surface area (Å²) in [4.78, 5) is 23.9. The molecule has 0 amide bonds.